The fraction of sp³-hybridized carbons (Fsp3) is 0.794. The van der Waals surface area contributed by atoms with Crippen LogP contribution in [0.5, 0.6) is 0 Å². The summed E-state index contributed by atoms with van der Waals surface area (Å²) in [5.41, 5.74) is 0. The lowest BCUT2D eigenvalue weighted by atomic mass is 9.91. The van der Waals surface area contributed by atoms with Gasteiger partial charge >= 0.3 is 0 Å². The summed E-state index contributed by atoms with van der Waals surface area (Å²) in [4.78, 5) is 170. The number of ether oxygens (including phenoxy) is 1. The standard InChI is InChI=1S/C63H113N11O14/c1-25-27-28-39(13)52(76)51-56(80)66-43(26-2)58(82)71(20)47(32-75)61(85)73(22)50(40(14)33-88-24)55(79)67-48(37(9)10)62(86)68(17)44(29-34(3)4)54(78)64-41(15)53(77)65-42(16)57(81)69(18)45(30-35(5)6)59(83)70(19)46(31-36(7)8)60(84)72(21)49(38(11)12)63(87)74(51)23/h25,27,34-52,75-76H,26,28-33H2,1-24H3,(H,64,78)(H,65,77)(H,66,80)(H,67,79)/b27-25+/t39-,40-,41+,42-,43+,44+,45+,46+,47-,48+,49+,50+,51+,52-/m1/s1. The number of aliphatic hydroxyl groups excluding tert-OH is 2. The molecule has 0 bridgehead atoms. The Morgan fingerprint density at radius 3 is 1.35 bits per heavy atom. The molecule has 1 fully saturated rings. The molecule has 1 aliphatic heterocycles. The highest BCUT2D eigenvalue weighted by Gasteiger charge is 2.47. The predicted octanol–water partition coefficient (Wildman–Crippen LogP) is 1.87. The molecule has 0 aromatic carbocycles. The first-order valence-electron chi connectivity index (χ1n) is 31.2. The van der Waals surface area contributed by atoms with Crippen LogP contribution >= 0.6 is 0 Å². The molecule has 25 heteroatoms. The van der Waals surface area contributed by atoms with Crippen LogP contribution in [0.15, 0.2) is 12.2 Å². The highest BCUT2D eigenvalue weighted by molar-refractivity contribution is 6.00. The Balaban J connectivity index is 4.45. The zero-order valence-corrected chi connectivity index (χ0v) is 57.5. The number of amides is 11. The molecule has 6 N–H and O–H groups in total. The summed E-state index contributed by atoms with van der Waals surface area (Å²) in [6, 6.07) is -14.7. The number of nitrogens with zero attached hydrogens (tertiary/aromatic N) is 7. The lowest BCUT2D eigenvalue weighted by molar-refractivity contribution is -0.157. The van der Waals surface area contributed by atoms with Gasteiger partial charge in [-0.2, -0.15) is 0 Å². The highest BCUT2D eigenvalue weighted by atomic mass is 16.5. The predicted molar refractivity (Wildman–Crippen MR) is 336 cm³/mol. The van der Waals surface area contributed by atoms with E-state index >= 15 is 9.59 Å². The second-order valence-corrected chi connectivity index (χ2v) is 26.2. The fourth-order valence-corrected chi connectivity index (χ4v) is 11.3. The lowest BCUT2D eigenvalue weighted by Gasteiger charge is -2.41. The Hall–Kier alpha value is -6.21. The molecular formula is C63H113N11O14. The summed E-state index contributed by atoms with van der Waals surface area (Å²) in [6.07, 6.45) is 2.57. The molecule has 1 heterocycles. The Morgan fingerprint density at radius 1 is 0.477 bits per heavy atom. The molecular weight excluding hydrogens is 1130 g/mol. The molecule has 0 unspecified atom stereocenters. The van der Waals surface area contributed by atoms with Crippen LogP contribution in [-0.2, 0) is 57.5 Å². The number of aliphatic hydroxyl groups is 2. The quantitative estimate of drug-likeness (QED) is 0.113. The van der Waals surface area contributed by atoms with E-state index in [1.807, 2.05) is 41.5 Å². The van der Waals surface area contributed by atoms with E-state index in [1.54, 1.807) is 67.5 Å². The minimum atomic E-state index is -1.68. The van der Waals surface area contributed by atoms with Crippen LogP contribution < -0.4 is 21.3 Å². The summed E-state index contributed by atoms with van der Waals surface area (Å²) in [6.45, 7) is 26.4. The van der Waals surface area contributed by atoms with Gasteiger partial charge in [0.15, 0.2) is 0 Å². The molecule has 0 radical (unpaired) electrons. The van der Waals surface area contributed by atoms with E-state index in [-0.39, 0.29) is 56.5 Å². The first-order chi connectivity index (χ1) is 40.7. The van der Waals surface area contributed by atoms with Crippen LogP contribution in [0.2, 0.25) is 0 Å². The lowest BCUT2D eigenvalue weighted by Crippen LogP contribution is -2.64. The first kappa shape index (κ1) is 79.8. The summed E-state index contributed by atoms with van der Waals surface area (Å²) in [7, 11) is 10.9. The van der Waals surface area contributed by atoms with E-state index in [1.165, 1.54) is 89.9 Å². The van der Waals surface area contributed by atoms with Crippen molar-refractivity contribution in [1.82, 2.24) is 55.6 Å². The molecule has 0 aromatic rings. The monoisotopic (exact) mass is 1250 g/mol. The van der Waals surface area contributed by atoms with Crippen molar-refractivity contribution < 1.29 is 67.7 Å². The number of hydrogen-bond acceptors (Lipinski definition) is 14. The normalized spacial score (nSPS) is 27.6. The largest absolute Gasteiger partial charge is 0.394 e. The van der Waals surface area contributed by atoms with Crippen LogP contribution in [0.3, 0.4) is 0 Å². The third kappa shape index (κ3) is 21.2. The molecule has 11 amide bonds. The van der Waals surface area contributed by atoms with Crippen LogP contribution in [0.1, 0.15) is 143 Å². The van der Waals surface area contributed by atoms with Gasteiger partial charge in [0, 0.05) is 62.4 Å². The number of methoxy groups -OCH3 is 1. The van der Waals surface area contributed by atoms with Crippen LogP contribution in [0, 0.1) is 41.4 Å². The summed E-state index contributed by atoms with van der Waals surface area (Å²) in [5, 5.41) is 33.9. The van der Waals surface area contributed by atoms with E-state index in [9.17, 15) is 53.4 Å². The highest BCUT2D eigenvalue weighted by Crippen LogP contribution is 2.26. The van der Waals surface area contributed by atoms with Gasteiger partial charge in [0.05, 0.1) is 19.3 Å². The van der Waals surface area contributed by atoms with Crippen molar-refractivity contribution in [3.8, 4) is 0 Å². The van der Waals surface area contributed by atoms with Gasteiger partial charge in [0.25, 0.3) is 0 Å². The van der Waals surface area contributed by atoms with Crippen molar-refractivity contribution in [2.75, 3.05) is 69.7 Å². The SMILES string of the molecule is C/C=C/C[C@@H](C)[C@@H](O)[C@H]1C(=O)N[C@@H](CC)C(=O)N(C)[C@H](CO)C(=O)N(C)[C@@H]([C@H](C)COC)C(=O)N[C@@H](C(C)C)C(=O)N(C)[C@@H](CC(C)C)C(=O)N[C@@H](C)C(=O)N[C@H](C)C(=O)N(C)[C@@H](CC(C)C)C(=O)N(C)[C@@H](CC(C)C)C(=O)N(C)[C@@H](C(C)C)C(=O)N1C. The molecule has 14 atom stereocenters. The maximum Gasteiger partial charge on any atom is 0.248 e. The number of carbonyl (C=O) groups excluding carboxylic acids is 11. The topological polar surface area (TPSA) is 308 Å². The molecule has 0 spiro atoms. The Labute approximate surface area is 525 Å². The fourth-order valence-electron chi connectivity index (χ4n) is 11.3. The number of rotatable bonds is 17. The van der Waals surface area contributed by atoms with Gasteiger partial charge in [0.1, 0.15) is 66.5 Å². The Bertz CT molecular complexity index is 2400. The summed E-state index contributed by atoms with van der Waals surface area (Å²) < 4.78 is 5.43. The van der Waals surface area contributed by atoms with E-state index < -0.39 is 168 Å². The molecule has 0 aliphatic carbocycles. The van der Waals surface area contributed by atoms with Crippen molar-refractivity contribution in [3.05, 3.63) is 12.2 Å². The van der Waals surface area contributed by atoms with Gasteiger partial charge in [-0.1, -0.05) is 102 Å². The maximum atomic E-state index is 15.2. The van der Waals surface area contributed by atoms with Crippen molar-refractivity contribution >= 4 is 65.0 Å². The van der Waals surface area contributed by atoms with Crippen molar-refractivity contribution in [2.24, 2.45) is 41.4 Å². The molecule has 1 rings (SSSR count). The van der Waals surface area contributed by atoms with Gasteiger partial charge in [-0.3, -0.25) is 52.7 Å². The first-order valence-corrected chi connectivity index (χ1v) is 31.2. The van der Waals surface area contributed by atoms with Gasteiger partial charge in [0.2, 0.25) is 65.0 Å². The molecule has 1 saturated heterocycles. The Kier molecular flexibility index (Phi) is 33.1. The van der Waals surface area contributed by atoms with E-state index in [0.29, 0.717) is 0 Å². The van der Waals surface area contributed by atoms with E-state index in [0.717, 1.165) is 14.7 Å². The molecule has 25 nitrogen and oxygen atoms in total. The number of likely N-dealkylation sites (N-methyl/N-ethyl adjacent to an activating group) is 7. The summed E-state index contributed by atoms with van der Waals surface area (Å²) >= 11 is 0. The second kappa shape index (κ2) is 36.4. The van der Waals surface area contributed by atoms with Gasteiger partial charge in [-0.25, -0.2) is 0 Å². The van der Waals surface area contributed by atoms with Gasteiger partial charge in [-0.15, -0.1) is 0 Å². The number of hydrogen-bond donors (Lipinski definition) is 6. The second-order valence-electron chi connectivity index (χ2n) is 26.2. The van der Waals surface area contributed by atoms with Crippen molar-refractivity contribution in [1.29, 1.82) is 0 Å². The average Bonchev–Trinajstić information content (AvgIpc) is 3.25. The average molecular weight is 1250 g/mol. The minimum absolute atomic E-state index is 0.0689. The van der Waals surface area contributed by atoms with Crippen LogP contribution in [-0.4, -0.2) is 252 Å². The summed E-state index contributed by atoms with van der Waals surface area (Å²) in [5.74, 6) is -11.4. The third-order valence-electron chi connectivity index (χ3n) is 16.7. The molecule has 504 valence electrons. The molecule has 0 saturated carbocycles. The smallest absolute Gasteiger partial charge is 0.248 e. The molecule has 1 aliphatic rings. The molecule has 88 heavy (non-hydrogen) atoms. The van der Waals surface area contributed by atoms with Crippen LogP contribution in [0.25, 0.3) is 0 Å². The van der Waals surface area contributed by atoms with E-state index in [2.05, 4.69) is 21.3 Å². The molecule has 0 aromatic heterocycles. The maximum absolute atomic E-state index is 15.2. The zero-order valence-electron chi connectivity index (χ0n) is 57.5. The van der Waals surface area contributed by atoms with E-state index in [4.69, 9.17) is 4.74 Å². The minimum Gasteiger partial charge on any atom is -0.394 e. The van der Waals surface area contributed by atoms with Gasteiger partial charge < -0.3 is 70.5 Å². The van der Waals surface area contributed by atoms with Gasteiger partial charge in [-0.05, 0) is 88.4 Å². The third-order valence-corrected chi connectivity index (χ3v) is 16.7. The Morgan fingerprint density at radius 2 is 0.898 bits per heavy atom. The number of nitrogens with one attached hydrogen (secondary N) is 4. The zero-order chi connectivity index (χ0) is 68.3. The van der Waals surface area contributed by atoms with Crippen molar-refractivity contribution in [2.45, 2.75) is 215 Å². The number of allylic oxidation sites excluding steroid dienone is 2. The van der Waals surface area contributed by atoms with Crippen molar-refractivity contribution in [3.63, 3.8) is 0 Å². The van der Waals surface area contributed by atoms with Crippen LogP contribution in [0.4, 0.5) is 0 Å². The number of carbonyl (C=O) groups is 11.